The minimum atomic E-state index is -0.227. The second kappa shape index (κ2) is 7.06. The molecule has 0 fully saturated rings. The number of fused-ring (bicyclic) bond motifs is 1. The lowest BCUT2D eigenvalue weighted by Crippen LogP contribution is -2.30. The van der Waals surface area contributed by atoms with Gasteiger partial charge in [0.05, 0.1) is 11.6 Å². The molecule has 0 N–H and O–H groups in total. The van der Waals surface area contributed by atoms with E-state index in [1.165, 1.54) is 24.0 Å². The van der Waals surface area contributed by atoms with Crippen molar-refractivity contribution < 1.29 is 8.81 Å². The number of hydrogen-bond donors (Lipinski definition) is 0. The Morgan fingerprint density at radius 2 is 1.96 bits per heavy atom. The molecule has 3 aromatic rings. The second-order valence-electron chi connectivity index (χ2n) is 6.45. The molecule has 2 aromatic carbocycles. The Balaban J connectivity index is 1.52. The van der Waals surface area contributed by atoms with Gasteiger partial charge in [-0.1, -0.05) is 29.8 Å². The van der Waals surface area contributed by atoms with Crippen LogP contribution in [0.4, 0.5) is 4.39 Å². The molecule has 0 unspecified atom stereocenters. The maximum atomic E-state index is 13.1. The third-order valence-electron chi connectivity index (χ3n) is 4.71. The Labute approximate surface area is 155 Å². The van der Waals surface area contributed by atoms with Crippen LogP contribution in [-0.4, -0.2) is 18.0 Å². The SMILES string of the molecule is O=c1c(CN2CC=C(c3ccc(F)cc3)CC2)coc2ccc(Cl)cc12. The van der Waals surface area contributed by atoms with Crippen LogP contribution in [0.2, 0.25) is 5.02 Å². The Morgan fingerprint density at radius 3 is 2.69 bits per heavy atom. The van der Waals surface area contributed by atoms with Crippen molar-refractivity contribution in [2.75, 3.05) is 13.1 Å². The first-order chi connectivity index (χ1) is 12.6. The van der Waals surface area contributed by atoms with E-state index in [4.69, 9.17) is 16.0 Å². The number of benzene rings is 2. The third-order valence-corrected chi connectivity index (χ3v) is 4.94. The van der Waals surface area contributed by atoms with Crippen molar-refractivity contribution in [1.29, 1.82) is 0 Å². The van der Waals surface area contributed by atoms with Crippen molar-refractivity contribution in [3.63, 3.8) is 0 Å². The van der Waals surface area contributed by atoms with E-state index in [1.807, 2.05) is 0 Å². The van der Waals surface area contributed by atoms with Gasteiger partial charge < -0.3 is 4.42 Å². The van der Waals surface area contributed by atoms with Crippen LogP contribution in [0.1, 0.15) is 17.5 Å². The van der Waals surface area contributed by atoms with Crippen LogP contribution in [-0.2, 0) is 6.54 Å². The smallest absolute Gasteiger partial charge is 0.197 e. The monoisotopic (exact) mass is 369 g/mol. The molecule has 0 saturated heterocycles. The Morgan fingerprint density at radius 1 is 1.15 bits per heavy atom. The third kappa shape index (κ3) is 3.43. The van der Waals surface area contributed by atoms with Crippen molar-refractivity contribution in [2.45, 2.75) is 13.0 Å². The summed E-state index contributed by atoms with van der Waals surface area (Å²) in [5.74, 6) is -0.227. The normalized spacial score (nSPS) is 15.2. The van der Waals surface area contributed by atoms with E-state index in [0.29, 0.717) is 28.1 Å². The molecular formula is C21H17ClFNO2. The van der Waals surface area contributed by atoms with Gasteiger partial charge >= 0.3 is 0 Å². The lowest BCUT2D eigenvalue weighted by molar-refractivity contribution is 0.291. The number of nitrogens with zero attached hydrogens (tertiary/aromatic N) is 1. The second-order valence-corrected chi connectivity index (χ2v) is 6.89. The van der Waals surface area contributed by atoms with Gasteiger partial charge in [-0.05, 0) is 47.9 Å². The highest BCUT2D eigenvalue weighted by Crippen LogP contribution is 2.24. The van der Waals surface area contributed by atoms with Crippen LogP contribution in [0.25, 0.3) is 16.5 Å². The van der Waals surface area contributed by atoms with Gasteiger partial charge in [0.1, 0.15) is 11.4 Å². The van der Waals surface area contributed by atoms with Gasteiger partial charge in [-0.15, -0.1) is 0 Å². The molecule has 0 radical (unpaired) electrons. The zero-order chi connectivity index (χ0) is 18.1. The molecule has 2 heterocycles. The molecule has 5 heteroatoms. The van der Waals surface area contributed by atoms with Crippen molar-refractivity contribution in [3.05, 3.63) is 87.0 Å². The van der Waals surface area contributed by atoms with Crippen LogP contribution >= 0.6 is 11.6 Å². The first-order valence-electron chi connectivity index (χ1n) is 8.47. The molecular weight excluding hydrogens is 353 g/mol. The number of halogens is 2. The summed E-state index contributed by atoms with van der Waals surface area (Å²) in [4.78, 5) is 14.9. The molecule has 1 aliphatic rings. The van der Waals surface area contributed by atoms with E-state index < -0.39 is 0 Å². The van der Waals surface area contributed by atoms with Crippen LogP contribution in [0.15, 0.2) is 64.0 Å². The maximum Gasteiger partial charge on any atom is 0.197 e. The average Bonchev–Trinajstić information content (AvgIpc) is 2.66. The summed E-state index contributed by atoms with van der Waals surface area (Å²) in [6.07, 6.45) is 4.53. The molecule has 0 bridgehead atoms. The zero-order valence-corrected chi connectivity index (χ0v) is 14.8. The molecule has 1 aromatic heterocycles. The van der Waals surface area contributed by atoms with E-state index in [-0.39, 0.29) is 11.2 Å². The Bertz CT molecular complexity index is 1040. The lowest BCUT2D eigenvalue weighted by Gasteiger charge is -2.26. The highest BCUT2D eigenvalue weighted by atomic mass is 35.5. The molecule has 0 aliphatic carbocycles. The van der Waals surface area contributed by atoms with Crippen LogP contribution in [0.5, 0.6) is 0 Å². The summed E-state index contributed by atoms with van der Waals surface area (Å²) in [5, 5.41) is 1.03. The first kappa shape index (κ1) is 17.0. The van der Waals surface area contributed by atoms with Crippen molar-refractivity contribution in [3.8, 4) is 0 Å². The quantitative estimate of drug-likeness (QED) is 0.660. The van der Waals surface area contributed by atoms with E-state index >= 15 is 0 Å². The van der Waals surface area contributed by atoms with Gasteiger partial charge in [-0.25, -0.2) is 4.39 Å². The predicted octanol–water partition coefficient (Wildman–Crippen LogP) is 4.87. The molecule has 132 valence electrons. The molecule has 4 rings (SSSR count). The summed E-state index contributed by atoms with van der Waals surface area (Å²) in [6.45, 7) is 2.09. The fourth-order valence-corrected chi connectivity index (χ4v) is 3.45. The van der Waals surface area contributed by atoms with Gasteiger partial charge in [-0.2, -0.15) is 0 Å². The number of rotatable bonds is 3. The minimum absolute atomic E-state index is 0.0398. The summed E-state index contributed by atoms with van der Waals surface area (Å²) < 4.78 is 18.6. The van der Waals surface area contributed by atoms with Crippen LogP contribution in [0, 0.1) is 5.82 Å². The lowest BCUT2D eigenvalue weighted by atomic mass is 9.99. The van der Waals surface area contributed by atoms with Crippen molar-refractivity contribution in [1.82, 2.24) is 4.90 Å². The van der Waals surface area contributed by atoms with Crippen molar-refractivity contribution in [2.24, 2.45) is 0 Å². The molecule has 0 saturated carbocycles. The molecule has 1 aliphatic heterocycles. The fraction of sp³-hybridized carbons (Fsp3) is 0.190. The van der Waals surface area contributed by atoms with E-state index in [1.54, 1.807) is 30.3 Å². The Kier molecular flexibility index (Phi) is 4.62. The fourth-order valence-electron chi connectivity index (χ4n) is 3.27. The first-order valence-corrected chi connectivity index (χ1v) is 8.85. The van der Waals surface area contributed by atoms with Crippen LogP contribution in [0.3, 0.4) is 0 Å². The van der Waals surface area contributed by atoms with Gasteiger partial charge in [0.25, 0.3) is 0 Å². The van der Waals surface area contributed by atoms with Gasteiger partial charge in [0.15, 0.2) is 5.43 Å². The average molecular weight is 370 g/mol. The summed E-state index contributed by atoms with van der Waals surface area (Å²) in [5.41, 5.74) is 3.38. The summed E-state index contributed by atoms with van der Waals surface area (Å²) in [6, 6.07) is 11.6. The van der Waals surface area contributed by atoms with Gasteiger partial charge in [0.2, 0.25) is 0 Å². The highest BCUT2D eigenvalue weighted by molar-refractivity contribution is 6.31. The summed E-state index contributed by atoms with van der Waals surface area (Å²) in [7, 11) is 0. The van der Waals surface area contributed by atoms with Gasteiger partial charge in [-0.3, -0.25) is 9.69 Å². The largest absolute Gasteiger partial charge is 0.464 e. The van der Waals surface area contributed by atoms with Crippen molar-refractivity contribution >= 4 is 28.1 Å². The molecule has 0 amide bonds. The zero-order valence-electron chi connectivity index (χ0n) is 14.0. The summed E-state index contributed by atoms with van der Waals surface area (Å²) >= 11 is 6.00. The topological polar surface area (TPSA) is 33.5 Å². The Hall–Kier alpha value is -2.43. The van der Waals surface area contributed by atoms with E-state index in [9.17, 15) is 9.18 Å². The molecule has 3 nitrogen and oxygen atoms in total. The van der Waals surface area contributed by atoms with Gasteiger partial charge in [0, 0.05) is 30.2 Å². The molecule has 0 atom stereocenters. The van der Waals surface area contributed by atoms with E-state index in [2.05, 4.69) is 11.0 Å². The standard InChI is InChI=1S/C21H17ClFNO2/c22-17-3-6-20-19(11-17)21(25)16(13-26-20)12-24-9-7-15(8-10-24)14-1-4-18(23)5-2-14/h1-7,11,13H,8-10,12H2. The highest BCUT2D eigenvalue weighted by Gasteiger charge is 2.16. The van der Waals surface area contributed by atoms with E-state index in [0.717, 1.165) is 25.1 Å². The maximum absolute atomic E-state index is 13.1. The molecule has 0 spiro atoms. The predicted molar refractivity (Wildman–Crippen MR) is 102 cm³/mol. The minimum Gasteiger partial charge on any atom is -0.464 e. The van der Waals surface area contributed by atoms with Crippen LogP contribution < -0.4 is 5.43 Å². The number of hydrogen-bond acceptors (Lipinski definition) is 3. The molecule has 26 heavy (non-hydrogen) atoms.